The summed E-state index contributed by atoms with van der Waals surface area (Å²) in [7, 11) is 0. The van der Waals surface area contributed by atoms with Crippen LogP contribution >= 0.6 is 0 Å². The molecule has 0 aromatic carbocycles. The molecule has 0 aliphatic heterocycles. The molecule has 0 heteroatoms. The molecule has 0 N–H and O–H groups in total. The van der Waals surface area contributed by atoms with Crippen molar-refractivity contribution in [3.8, 4) is 0 Å². The van der Waals surface area contributed by atoms with E-state index >= 15 is 0 Å². The van der Waals surface area contributed by atoms with Crippen LogP contribution in [0, 0.1) is 11.8 Å². The fourth-order valence-electron chi connectivity index (χ4n) is 3.15. The topological polar surface area (TPSA) is 0 Å². The van der Waals surface area contributed by atoms with Crippen molar-refractivity contribution in [1.82, 2.24) is 0 Å². The first-order valence-electron chi connectivity index (χ1n) is 4.67. The van der Waals surface area contributed by atoms with Crippen LogP contribution in [0.3, 0.4) is 0 Å². The quantitative estimate of drug-likeness (QED) is 0.447. The van der Waals surface area contributed by atoms with Gasteiger partial charge in [0.2, 0.25) is 0 Å². The van der Waals surface area contributed by atoms with Crippen LogP contribution in [0.2, 0.25) is 0 Å². The van der Waals surface area contributed by atoms with Gasteiger partial charge in [-0.25, -0.2) is 0 Å². The zero-order valence-electron chi connectivity index (χ0n) is 6.40. The van der Waals surface area contributed by atoms with Gasteiger partial charge in [-0.15, -0.1) is 0 Å². The van der Waals surface area contributed by atoms with E-state index in [1.54, 1.807) is 0 Å². The first-order valence-corrected chi connectivity index (χ1v) is 4.67. The highest BCUT2D eigenvalue weighted by atomic mass is 14.4. The van der Waals surface area contributed by atoms with Gasteiger partial charge in [-0.05, 0) is 50.4 Å². The maximum absolute atomic E-state index is 1.91. The van der Waals surface area contributed by atoms with Gasteiger partial charge < -0.3 is 0 Å². The number of allylic oxidation sites excluding steroid dienone is 2. The summed E-state index contributed by atoms with van der Waals surface area (Å²) < 4.78 is 0. The fourth-order valence-corrected chi connectivity index (χ4v) is 3.15. The Morgan fingerprint density at radius 2 is 1.80 bits per heavy atom. The highest BCUT2D eigenvalue weighted by Gasteiger charge is 2.39. The maximum Gasteiger partial charge on any atom is -0.0163 e. The van der Waals surface area contributed by atoms with E-state index in [-0.39, 0.29) is 0 Å². The van der Waals surface area contributed by atoms with Gasteiger partial charge in [0.15, 0.2) is 0 Å². The molecular weight excluding hydrogens is 120 g/mol. The lowest BCUT2D eigenvalue weighted by Gasteiger charge is -2.47. The van der Waals surface area contributed by atoms with E-state index in [9.17, 15) is 0 Å². The monoisotopic (exact) mass is 134 g/mol. The molecule has 3 rings (SSSR count). The minimum atomic E-state index is 1.06. The number of hydrogen-bond donors (Lipinski definition) is 0. The van der Waals surface area contributed by atoms with Crippen molar-refractivity contribution in [2.75, 3.05) is 0 Å². The van der Waals surface area contributed by atoms with Gasteiger partial charge in [-0.3, -0.25) is 0 Å². The molecule has 0 amide bonds. The summed E-state index contributed by atoms with van der Waals surface area (Å²) in [6.45, 7) is 0. The lowest BCUT2D eigenvalue weighted by atomic mass is 9.58. The zero-order valence-corrected chi connectivity index (χ0v) is 6.40. The Morgan fingerprint density at radius 3 is 2.50 bits per heavy atom. The molecule has 0 spiro atoms. The van der Waals surface area contributed by atoms with Crippen LogP contribution in [-0.4, -0.2) is 0 Å². The summed E-state index contributed by atoms with van der Waals surface area (Å²) >= 11 is 0. The van der Waals surface area contributed by atoms with E-state index in [1.807, 2.05) is 11.1 Å². The first-order chi connectivity index (χ1) is 4.95. The normalized spacial score (nSPS) is 43.2. The fraction of sp³-hybridized carbons (Fsp3) is 0.800. The van der Waals surface area contributed by atoms with E-state index in [0.717, 1.165) is 11.8 Å². The van der Waals surface area contributed by atoms with Crippen molar-refractivity contribution in [3.05, 3.63) is 11.1 Å². The summed E-state index contributed by atoms with van der Waals surface area (Å²) in [5.41, 5.74) is 3.81. The lowest BCUT2D eigenvalue weighted by molar-refractivity contribution is 0.267. The molecule has 0 nitrogen and oxygen atoms in total. The van der Waals surface area contributed by atoms with Gasteiger partial charge in [-0.1, -0.05) is 11.1 Å². The molecule has 0 aromatic rings. The van der Waals surface area contributed by atoms with E-state index in [1.165, 1.54) is 38.5 Å². The SMILES string of the molecule is C1CC2=C3CC2CCC3C1. The summed E-state index contributed by atoms with van der Waals surface area (Å²) in [5.74, 6) is 2.14. The van der Waals surface area contributed by atoms with Gasteiger partial charge >= 0.3 is 0 Å². The molecule has 54 valence electrons. The minimum Gasteiger partial charge on any atom is -0.0673 e. The van der Waals surface area contributed by atoms with E-state index in [4.69, 9.17) is 0 Å². The average molecular weight is 134 g/mol. The Hall–Kier alpha value is -0.260. The summed E-state index contributed by atoms with van der Waals surface area (Å²) in [6, 6.07) is 0. The highest BCUT2D eigenvalue weighted by Crippen LogP contribution is 2.54. The minimum absolute atomic E-state index is 1.06. The van der Waals surface area contributed by atoms with E-state index in [0.29, 0.717) is 0 Å². The second-order valence-electron chi connectivity index (χ2n) is 4.12. The van der Waals surface area contributed by atoms with Crippen molar-refractivity contribution in [3.63, 3.8) is 0 Å². The van der Waals surface area contributed by atoms with Crippen LogP contribution in [0.25, 0.3) is 0 Å². The number of fused-ring (bicyclic) bond motifs is 2. The van der Waals surface area contributed by atoms with Crippen LogP contribution in [0.15, 0.2) is 11.1 Å². The van der Waals surface area contributed by atoms with Crippen LogP contribution in [0.4, 0.5) is 0 Å². The molecule has 0 saturated heterocycles. The van der Waals surface area contributed by atoms with Crippen molar-refractivity contribution in [2.45, 2.75) is 38.5 Å². The summed E-state index contributed by atoms with van der Waals surface area (Å²) in [6.07, 6.45) is 9.05. The molecule has 0 radical (unpaired) electrons. The molecule has 3 aliphatic carbocycles. The summed E-state index contributed by atoms with van der Waals surface area (Å²) in [4.78, 5) is 0. The average Bonchev–Trinajstić information content (AvgIpc) is 1.96. The Kier molecular flexibility index (Phi) is 0.898. The van der Waals surface area contributed by atoms with E-state index in [2.05, 4.69) is 0 Å². The smallest absolute Gasteiger partial charge is 0.0163 e. The third-order valence-electron chi connectivity index (χ3n) is 3.73. The molecule has 2 unspecified atom stereocenters. The standard InChI is InChI=1S/C10H14/c1-2-7-4-5-8-6-10(7)9(8)3-1/h7-8H,1-6H2. The lowest BCUT2D eigenvalue weighted by Crippen LogP contribution is -2.33. The Balaban J connectivity index is 2.05. The van der Waals surface area contributed by atoms with Crippen LogP contribution in [0.1, 0.15) is 38.5 Å². The molecular formula is C10H14. The zero-order chi connectivity index (χ0) is 6.55. The van der Waals surface area contributed by atoms with Crippen molar-refractivity contribution in [1.29, 1.82) is 0 Å². The van der Waals surface area contributed by atoms with Gasteiger partial charge in [0, 0.05) is 0 Å². The second-order valence-corrected chi connectivity index (χ2v) is 4.12. The molecule has 10 heavy (non-hydrogen) atoms. The van der Waals surface area contributed by atoms with Gasteiger partial charge in [0.1, 0.15) is 0 Å². The first kappa shape index (κ1) is 5.40. The predicted octanol–water partition coefficient (Wildman–Crippen LogP) is 2.90. The summed E-state index contributed by atoms with van der Waals surface area (Å²) in [5, 5.41) is 0. The number of rotatable bonds is 0. The second kappa shape index (κ2) is 1.66. The third-order valence-corrected chi connectivity index (χ3v) is 3.73. The largest absolute Gasteiger partial charge is 0.0673 e. The van der Waals surface area contributed by atoms with Crippen LogP contribution in [0.5, 0.6) is 0 Å². The van der Waals surface area contributed by atoms with E-state index < -0.39 is 0 Å². The van der Waals surface area contributed by atoms with Gasteiger partial charge in [-0.2, -0.15) is 0 Å². The van der Waals surface area contributed by atoms with Crippen LogP contribution in [-0.2, 0) is 0 Å². The molecule has 0 heterocycles. The molecule has 2 bridgehead atoms. The molecule has 1 saturated carbocycles. The third kappa shape index (κ3) is 0.492. The van der Waals surface area contributed by atoms with Crippen molar-refractivity contribution < 1.29 is 0 Å². The van der Waals surface area contributed by atoms with Gasteiger partial charge in [0.05, 0.1) is 0 Å². The van der Waals surface area contributed by atoms with Gasteiger partial charge in [0.25, 0.3) is 0 Å². The van der Waals surface area contributed by atoms with Crippen molar-refractivity contribution in [2.24, 2.45) is 11.8 Å². The predicted molar refractivity (Wildman–Crippen MR) is 41.7 cm³/mol. The molecule has 0 aromatic heterocycles. The molecule has 2 atom stereocenters. The molecule has 1 fully saturated rings. The molecule has 3 aliphatic rings. The maximum atomic E-state index is 1.91. The Morgan fingerprint density at radius 1 is 0.900 bits per heavy atom. The highest BCUT2D eigenvalue weighted by molar-refractivity contribution is 5.35. The van der Waals surface area contributed by atoms with Crippen LogP contribution < -0.4 is 0 Å². The number of hydrogen-bond acceptors (Lipinski definition) is 0. The Bertz CT molecular complexity index is 198. The Labute approximate surface area is 62.3 Å². The van der Waals surface area contributed by atoms with Crippen molar-refractivity contribution >= 4 is 0 Å².